The number of aliphatic hydroxyl groups excluding tert-OH is 1. The van der Waals surface area contributed by atoms with Gasteiger partial charge < -0.3 is 14.9 Å². The van der Waals surface area contributed by atoms with Crippen molar-refractivity contribution in [1.29, 1.82) is 0 Å². The summed E-state index contributed by atoms with van der Waals surface area (Å²) >= 11 is 0. The molecule has 4 nitrogen and oxygen atoms in total. The maximum atomic E-state index is 12.5. The molecule has 1 unspecified atom stereocenters. The monoisotopic (exact) mass is 400 g/mol. The number of rotatable bonds is 8. The summed E-state index contributed by atoms with van der Waals surface area (Å²) in [6, 6.07) is 9.34. The number of carbonyl (C=O) groups excluding carboxylic acids is 1. The summed E-state index contributed by atoms with van der Waals surface area (Å²) in [4.78, 5) is 16.9. The van der Waals surface area contributed by atoms with E-state index in [1.54, 1.807) is 0 Å². The van der Waals surface area contributed by atoms with E-state index in [9.17, 15) is 9.90 Å². The number of aliphatic hydroxyl groups is 1. The first-order valence-corrected chi connectivity index (χ1v) is 11.2. The van der Waals surface area contributed by atoms with Crippen LogP contribution in [0.5, 0.6) is 0 Å². The molecule has 1 amide bonds. The predicted octanol–water partition coefficient (Wildman–Crippen LogP) is 4.98. The number of amides is 1. The molecule has 0 saturated carbocycles. The molecule has 1 aromatic carbocycles. The second-order valence-electron chi connectivity index (χ2n) is 9.38. The van der Waals surface area contributed by atoms with E-state index in [-0.39, 0.29) is 5.91 Å². The first-order chi connectivity index (χ1) is 13.7. The Morgan fingerprint density at radius 1 is 1.14 bits per heavy atom. The number of benzene rings is 1. The highest BCUT2D eigenvalue weighted by atomic mass is 16.3. The molecule has 1 aliphatic rings. The van der Waals surface area contributed by atoms with Crippen LogP contribution in [-0.4, -0.2) is 47.7 Å². The second kappa shape index (κ2) is 10.8. The maximum absolute atomic E-state index is 12.5. The lowest BCUT2D eigenvalue weighted by Crippen LogP contribution is -2.49. The molecule has 0 aliphatic carbocycles. The van der Waals surface area contributed by atoms with Crippen molar-refractivity contribution in [3.05, 3.63) is 41.5 Å². The number of anilines is 1. The van der Waals surface area contributed by atoms with Crippen LogP contribution in [0.3, 0.4) is 0 Å². The zero-order valence-corrected chi connectivity index (χ0v) is 19.2. The number of hydrogen-bond donors (Lipinski definition) is 1. The summed E-state index contributed by atoms with van der Waals surface area (Å²) in [5.41, 5.74) is 3.92. The van der Waals surface area contributed by atoms with Gasteiger partial charge in [-0.1, -0.05) is 51.5 Å². The molecule has 1 aromatic rings. The highest BCUT2D eigenvalue weighted by Gasteiger charge is 2.30. The van der Waals surface area contributed by atoms with Crippen molar-refractivity contribution in [2.45, 2.75) is 78.9 Å². The van der Waals surface area contributed by atoms with E-state index in [2.05, 4.69) is 62.9 Å². The van der Waals surface area contributed by atoms with Crippen LogP contribution in [-0.2, 0) is 4.79 Å². The molecule has 1 N–H and O–H groups in total. The second-order valence-corrected chi connectivity index (χ2v) is 9.38. The van der Waals surface area contributed by atoms with Gasteiger partial charge in [-0.25, -0.2) is 0 Å². The molecule has 2 rings (SSSR count). The molecule has 1 fully saturated rings. The fraction of sp³-hybridized carbons (Fsp3) is 0.640. The normalized spacial score (nSPS) is 16.2. The Morgan fingerprint density at radius 3 is 2.21 bits per heavy atom. The topological polar surface area (TPSA) is 43.8 Å². The van der Waals surface area contributed by atoms with Crippen LogP contribution in [0.15, 0.2) is 35.9 Å². The van der Waals surface area contributed by atoms with Gasteiger partial charge in [0.1, 0.15) is 6.10 Å². The Balaban J connectivity index is 2.07. The van der Waals surface area contributed by atoms with Gasteiger partial charge in [0.25, 0.3) is 5.91 Å². The van der Waals surface area contributed by atoms with Gasteiger partial charge in [0, 0.05) is 31.4 Å². The standard InChI is InChI=1S/C25H40N2O2/c1-18(2)11-16-27(22-9-7-21(8-10-22)20(5)6)23-12-14-26(15-13-23)25(29)24(28)17-19(3)4/h7-11,19-20,23-24,28H,12-17H2,1-6H3. The molecular formula is C25H40N2O2. The summed E-state index contributed by atoms with van der Waals surface area (Å²) in [5.74, 6) is 0.746. The minimum Gasteiger partial charge on any atom is -0.383 e. The van der Waals surface area contributed by atoms with E-state index in [4.69, 9.17) is 0 Å². The fourth-order valence-corrected chi connectivity index (χ4v) is 3.95. The molecule has 1 saturated heterocycles. The predicted molar refractivity (Wildman–Crippen MR) is 122 cm³/mol. The smallest absolute Gasteiger partial charge is 0.251 e. The molecule has 1 heterocycles. The molecule has 4 heteroatoms. The zero-order chi connectivity index (χ0) is 21.6. The minimum absolute atomic E-state index is 0.103. The van der Waals surface area contributed by atoms with Crippen molar-refractivity contribution in [2.24, 2.45) is 5.92 Å². The maximum Gasteiger partial charge on any atom is 0.251 e. The highest BCUT2D eigenvalue weighted by Crippen LogP contribution is 2.26. The Bertz CT molecular complexity index is 667. The van der Waals surface area contributed by atoms with Crippen LogP contribution < -0.4 is 4.90 Å². The van der Waals surface area contributed by atoms with E-state index in [1.165, 1.54) is 16.8 Å². The van der Waals surface area contributed by atoms with Crippen molar-refractivity contribution >= 4 is 11.6 Å². The molecule has 29 heavy (non-hydrogen) atoms. The highest BCUT2D eigenvalue weighted by molar-refractivity contribution is 5.80. The third-order valence-electron chi connectivity index (χ3n) is 5.78. The molecular weight excluding hydrogens is 360 g/mol. The van der Waals surface area contributed by atoms with Crippen LogP contribution in [0.2, 0.25) is 0 Å². The average molecular weight is 401 g/mol. The van der Waals surface area contributed by atoms with Gasteiger partial charge in [0.15, 0.2) is 0 Å². The van der Waals surface area contributed by atoms with Gasteiger partial charge in [-0.2, -0.15) is 0 Å². The van der Waals surface area contributed by atoms with Crippen molar-refractivity contribution in [3.8, 4) is 0 Å². The fourth-order valence-electron chi connectivity index (χ4n) is 3.95. The quantitative estimate of drug-likeness (QED) is 0.626. The number of piperidine rings is 1. The minimum atomic E-state index is -0.864. The largest absolute Gasteiger partial charge is 0.383 e. The van der Waals surface area contributed by atoms with Crippen LogP contribution in [0.1, 0.15) is 72.3 Å². The Hall–Kier alpha value is -1.81. The third kappa shape index (κ3) is 6.88. The van der Waals surface area contributed by atoms with E-state index in [0.29, 0.717) is 37.4 Å². The van der Waals surface area contributed by atoms with Crippen LogP contribution in [0.4, 0.5) is 5.69 Å². The Labute approximate surface area is 177 Å². The van der Waals surface area contributed by atoms with Crippen molar-refractivity contribution < 1.29 is 9.90 Å². The third-order valence-corrected chi connectivity index (χ3v) is 5.78. The lowest BCUT2D eigenvalue weighted by Gasteiger charge is -2.40. The molecule has 1 aliphatic heterocycles. The Morgan fingerprint density at radius 2 is 1.72 bits per heavy atom. The van der Waals surface area contributed by atoms with Gasteiger partial charge in [-0.3, -0.25) is 4.79 Å². The van der Waals surface area contributed by atoms with Gasteiger partial charge >= 0.3 is 0 Å². The van der Waals surface area contributed by atoms with E-state index in [1.807, 2.05) is 18.7 Å². The number of carbonyl (C=O) groups is 1. The lowest BCUT2D eigenvalue weighted by molar-refractivity contribution is -0.142. The van der Waals surface area contributed by atoms with Crippen LogP contribution in [0.25, 0.3) is 0 Å². The van der Waals surface area contributed by atoms with Crippen LogP contribution in [0, 0.1) is 5.92 Å². The molecule has 162 valence electrons. The lowest BCUT2D eigenvalue weighted by atomic mass is 9.98. The van der Waals surface area contributed by atoms with Gasteiger partial charge in [0.05, 0.1) is 0 Å². The molecule has 0 radical (unpaired) electrons. The Kier molecular flexibility index (Phi) is 8.76. The number of allylic oxidation sites excluding steroid dienone is 1. The zero-order valence-electron chi connectivity index (χ0n) is 19.2. The van der Waals surface area contributed by atoms with Gasteiger partial charge in [0.2, 0.25) is 0 Å². The average Bonchev–Trinajstić information content (AvgIpc) is 2.67. The molecule has 1 atom stereocenters. The summed E-state index contributed by atoms with van der Waals surface area (Å²) in [6.45, 7) is 15.1. The van der Waals surface area contributed by atoms with Gasteiger partial charge in [-0.05, 0) is 62.6 Å². The summed E-state index contributed by atoms with van der Waals surface area (Å²) in [7, 11) is 0. The summed E-state index contributed by atoms with van der Waals surface area (Å²) in [6.07, 6.45) is 3.82. The van der Waals surface area contributed by atoms with Crippen molar-refractivity contribution in [1.82, 2.24) is 4.90 Å². The number of nitrogens with zero attached hydrogens (tertiary/aromatic N) is 2. The van der Waals surface area contributed by atoms with Crippen LogP contribution >= 0.6 is 0 Å². The molecule has 0 aromatic heterocycles. The van der Waals surface area contributed by atoms with E-state index in [0.717, 1.165) is 19.4 Å². The molecule has 0 bridgehead atoms. The summed E-state index contributed by atoms with van der Waals surface area (Å²) < 4.78 is 0. The van der Waals surface area contributed by atoms with E-state index >= 15 is 0 Å². The first-order valence-electron chi connectivity index (χ1n) is 11.2. The van der Waals surface area contributed by atoms with Crippen molar-refractivity contribution in [3.63, 3.8) is 0 Å². The SMILES string of the molecule is CC(C)=CCN(c1ccc(C(C)C)cc1)C1CCN(C(=O)C(O)CC(C)C)CC1. The molecule has 0 spiro atoms. The summed E-state index contributed by atoms with van der Waals surface area (Å²) in [5, 5.41) is 10.2. The van der Waals surface area contributed by atoms with Crippen molar-refractivity contribution in [2.75, 3.05) is 24.5 Å². The number of hydrogen-bond acceptors (Lipinski definition) is 3. The van der Waals surface area contributed by atoms with E-state index < -0.39 is 6.10 Å². The number of likely N-dealkylation sites (tertiary alicyclic amines) is 1. The first kappa shape index (κ1) is 23.5. The van der Waals surface area contributed by atoms with Gasteiger partial charge in [-0.15, -0.1) is 0 Å².